The molecule has 126 valence electrons. The van der Waals surface area contributed by atoms with Gasteiger partial charge in [-0.1, -0.05) is 0 Å². The molecule has 10 heteroatoms. The molecule has 0 saturated carbocycles. The van der Waals surface area contributed by atoms with Gasteiger partial charge in [0, 0.05) is 38.5 Å². The molecule has 9 nitrogen and oxygen atoms in total. The van der Waals surface area contributed by atoms with Crippen LogP contribution in [0.4, 0.5) is 11.4 Å². The van der Waals surface area contributed by atoms with E-state index in [9.17, 15) is 18.5 Å². The highest BCUT2D eigenvalue weighted by molar-refractivity contribution is 7.90. The normalized spacial score (nSPS) is 14.6. The molecule has 2 rings (SSSR count). The van der Waals surface area contributed by atoms with Crippen LogP contribution in [0.2, 0.25) is 0 Å². The SMILES string of the molecule is CS(=O)(=O)c1ccc(NCCNC2=NCCCN2)c([N+](=O)[O-])c1. The fourth-order valence-corrected chi connectivity index (χ4v) is 2.71. The van der Waals surface area contributed by atoms with Crippen LogP contribution in [0.25, 0.3) is 0 Å². The van der Waals surface area contributed by atoms with Gasteiger partial charge in [-0.05, 0) is 18.6 Å². The zero-order valence-corrected chi connectivity index (χ0v) is 13.5. The third kappa shape index (κ3) is 4.81. The molecule has 0 fully saturated rings. The summed E-state index contributed by atoms with van der Waals surface area (Å²) in [5.74, 6) is 0.722. The molecule has 0 unspecified atom stereocenters. The summed E-state index contributed by atoms with van der Waals surface area (Å²) in [7, 11) is -3.48. The Morgan fingerprint density at radius 1 is 1.35 bits per heavy atom. The zero-order chi connectivity index (χ0) is 16.9. The van der Waals surface area contributed by atoms with Gasteiger partial charge < -0.3 is 16.0 Å². The molecule has 1 heterocycles. The van der Waals surface area contributed by atoms with Gasteiger partial charge in [-0.2, -0.15) is 0 Å². The van der Waals surface area contributed by atoms with Crippen molar-refractivity contribution in [1.29, 1.82) is 0 Å². The van der Waals surface area contributed by atoms with Crippen LogP contribution in [0.1, 0.15) is 6.42 Å². The highest BCUT2D eigenvalue weighted by atomic mass is 32.2. The lowest BCUT2D eigenvalue weighted by Crippen LogP contribution is -2.42. The summed E-state index contributed by atoms with van der Waals surface area (Å²) < 4.78 is 23.0. The lowest BCUT2D eigenvalue weighted by atomic mass is 10.2. The summed E-state index contributed by atoms with van der Waals surface area (Å²) >= 11 is 0. The molecule has 23 heavy (non-hydrogen) atoms. The molecule has 0 aromatic heterocycles. The smallest absolute Gasteiger partial charge is 0.293 e. The van der Waals surface area contributed by atoms with Gasteiger partial charge in [0.25, 0.3) is 5.69 Å². The van der Waals surface area contributed by atoms with Crippen molar-refractivity contribution < 1.29 is 13.3 Å². The molecule has 0 atom stereocenters. The topological polar surface area (TPSA) is 126 Å². The fourth-order valence-electron chi connectivity index (χ4n) is 2.07. The van der Waals surface area contributed by atoms with Crippen LogP contribution >= 0.6 is 0 Å². The number of hydrogen-bond donors (Lipinski definition) is 3. The number of nitrogens with zero attached hydrogens (tertiary/aromatic N) is 2. The van der Waals surface area contributed by atoms with E-state index in [1.807, 2.05) is 0 Å². The number of nitro benzene ring substituents is 1. The van der Waals surface area contributed by atoms with Crippen LogP contribution in [0, 0.1) is 10.1 Å². The molecular formula is C13H19N5O4S. The summed E-state index contributed by atoms with van der Waals surface area (Å²) in [5.41, 5.74) is 0.0174. The van der Waals surface area contributed by atoms with Crippen LogP contribution in [-0.4, -0.2) is 51.7 Å². The minimum Gasteiger partial charge on any atom is -0.378 e. The zero-order valence-electron chi connectivity index (χ0n) is 12.7. The summed E-state index contributed by atoms with van der Waals surface area (Å²) in [6, 6.07) is 3.83. The van der Waals surface area contributed by atoms with Crippen molar-refractivity contribution in [1.82, 2.24) is 10.6 Å². The van der Waals surface area contributed by atoms with Crippen molar-refractivity contribution in [2.75, 3.05) is 37.8 Å². The first kappa shape index (κ1) is 17.0. The van der Waals surface area contributed by atoms with Crippen molar-refractivity contribution in [2.45, 2.75) is 11.3 Å². The molecule has 0 spiro atoms. The maximum absolute atomic E-state index is 11.5. The predicted octanol–water partition coefficient (Wildman–Crippen LogP) is 0.349. The average Bonchev–Trinajstić information content (AvgIpc) is 2.51. The Kier molecular flexibility index (Phi) is 5.37. The van der Waals surface area contributed by atoms with E-state index < -0.39 is 14.8 Å². The number of sulfone groups is 1. The second-order valence-corrected chi connectivity index (χ2v) is 7.09. The van der Waals surface area contributed by atoms with Crippen LogP contribution in [-0.2, 0) is 9.84 Å². The van der Waals surface area contributed by atoms with Gasteiger partial charge in [0.1, 0.15) is 5.69 Å². The highest BCUT2D eigenvalue weighted by Crippen LogP contribution is 2.27. The fraction of sp³-hybridized carbons (Fsp3) is 0.462. The van der Waals surface area contributed by atoms with Crippen LogP contribution in [0.3, 0.4) is 0 Å². The molecule has 1 aromatic carbocycles. The first-order valence-corrected chi connectivity index (χ1v) is 9.01. The molecule has 1 aromatic rings. The van der Waals surface area contributed by atoms with Crippen molar-refractivity contribution in [2.24, 2.45) is 4.99 Å². The Morgan fingerprint density at radius 3 is 2.70 bits per heavy atom. The number of benzene rings is 1. The standard InChI is InChI=1S/C13H19N5O4S/c1-23(21,22)10-3-4-11(12(9-10)18(19)20)14-7-8-17-13-15-5-2-6-16-13/h3-4,9,14H,2,5-8H2,1H3,(H2,15,16,17). The number of nitrogens with one attached hydrogen (secondary N) is 3. The minimum absolute atomic E-state index is 0.0753. The molecular weight excluding hydrogens is 322 g/mol. The van der Waals surface area contributed by atoms with Gasteiger partial charge in [0.2, 0.25) is 0 Å². The first-order valence-electron chi connectivity index (χ1n) is 7.12. The molecule has 0 saturated heterocycles. The van der Waals surface area contributed by atoms with Crippen LogP contribution < -0.4 is 16.0 Å². The van der Waals surface area contributed by atoms with E-state index in [1.54, 1.807) is 0 Å². The van der Waals surface area contributed by atoms with Crippen molar-refractivity contribution in [3.8, 4) is 0 Å². The van der Waals surface area contributed by atoms with Gasteiger partial charge in [-0.15, -0.1) is 0 Å². The molecule has 1 aliphatic heterocycles. The van der Waals surface area contributed by atoms with Gasteiger partial charge >= 0.3 is 0 Å². The minimum atomic E-state index is -3.48. The van der Waals surface area contributed by atoms with Gasteiger partial charge in [-0.25, -0.2) is 8.42 Å². The second kappa shape index (κ2) is 7.27. The van der Waals surface area contributed by atoms with E-state index in [4.69, 9.17) is 0 Å². The average molecular weight is 341 g/mol. The van der Waals surface area contributed by atoms with Crippen molar-refractivity contribution >= 4 is 27.2 Å². The third-order valence-corrected chi connectivity index (χ3v) is 4.33. The predicted molar refractivity (Wildman–Crippen MR) is 87.6 cm³/mol. The Bertz CT molecular complexity index is 717. The van der Waals surface area contributed by atoms with Crippen molar-refractivity contribution in [3.05, 3.63) is 28.3 Å². The molecule has 0 amide bonds. The summed E-state index contributed by atoms with van der Waals surface area (Å²) in [4.78, 5) is 14.7. The molecule has 0 aliphatic carbocycles. The Balaban J connectivity index is 1.99. The Labute approximate surface area is 134 Å². The van der Waals surface area contributed by atoms with E-state index >= 15 is 0 Å². The number of guanidine groups is 1. The van der Waals surface area contributed by atoms with Gasteiger partial charge in [0.05, 0.1) is 9.82 Å². The number of hydrogen-bond acceptors (Lipinski definition) is 8. The molecule has 3 N–H and O–H groups in total. The maximum Gasteiger partial charge on any atom is 0.293 e. The summed E-state index contributed by atoms with van der Waals surface area (Å²) in [6.45, 7) is 2.61. The quantitative estimate of drug-likeness (QED) is 0.387. The second-order valence-electron chi connectivity index (χ2n) is 5.07. The van der Waals surface area contributed by atoms with Gasteiger partial charge in [-0.3, -0.25) is 15.1 Å². The van der Waals surface area contributed by atoms with E-state index in [0.717, 1.165) is 37.8 Å². The molecule has 1 aliphatic rings. The monoisotopic (exact) mass is 341 g/mol. The highest BCUT2D eigenvalue weighted by Gasteiger charge is 2.18. The molecule has 0 bridgehead atoms. The number of nitro groups is 1. The van der Waals surface area contributed by atoms with Crippen LogP contribution in [0.15, 0.2) is 28.1 Å². The van der Waals surface area contributed by atoms with Crippen LogP contribution in [0.5, 0.6) is 0 Å². The van der Waals surface area contributed by atoms with E-state index in [0.29, 0.717) is 13.1 Å². The number of rotatable bonds is 6. The van der Waals surface area contributed by atoms with E-state index in [2.05, 4.69) is 20.9 Å². The third-order valence-electron chi connectivity index (χ3n) is 3.22. The Hall–Kier alpha value is -2.36. The van der Waals surface area contributed by atoms with E-state index in [-0.39, 0.29) is 16.3 Å². The number of aliphatic imine (C=N–C) groups is 1. The van der Waals surface area contributed by atoms with E-state index in [1.165, 1.54) is 12.1 Å². The molecule has 0 radical (unpaired) electrons. The lowest BCUT2D eigenvalue weighted by molar-refractivity contribution is -0.384. The summed E-state index contributed by atoms with van der Waals surface area (Å²) in [5, 5.41) is 20.2. The first-order chi connectivity index (χ1) is 10.9. The summed E-state index contributed by atoms with van der Waals surface area (Å²) in [6.07, 6.45) is 2.02. The Morgan fingerprint density at radius 2 is 2.09 bits per heavy atom. The largest absolute Gasteiger partial charge is 0.378 e. The van der Waals surface area contributed by atoms with Crippen molar-refractivity contribution in [3.63, 3.8) is 0 Å². The lowest BCUT2D eigenvalue weighted by Gasteiger charge is -2.16. The van der Waals surface area contributed by atoms with Gasteiger partial charge in [0.15, 0.2) is 15.8 Å². The maximum atomic E-state index is 11.5. The number of anilines is 1.